The molecule has 2 rings (SSSR count). The zero-order valence-electron chi connectivity index (χ0n) is 11.9. The molecule has 0 radical (unpaired) electrons. The first-order chi connectivity index (χ1) is 9.22. The van der Waals surface area contributed by atoms with Gasteiger partial charge in [0.05, 0.1) is 0 Å². The highest BCUT2D eigenvalue weighted by atomic mass is 32.1. The summed E-state index contributed by atoms with van der Waals surface area (Å²) in [6.45, 7) is 7.31. The molecular formula is C16H22N2S. The van der Waals surface area contributed by atoms with Crippen LogP contribution in [0.1, 0.15) is 48.1 Å². The molecule has 0 amide bonds. The van der Waals surface area contributed by atoms with Crippen molar-refractivity contribution in [3.63, 3.8) is 0 Å². The lowest BCUT2D eigenvalue weighted by atomic mass is 10.0. The summed E-state index contributed by atoms with van der Waals surface area (Å²) < 4.78 is 0. The molecule has 0 fully saturated rings. The van der Waals surface area contributed by atoms with Gasteiger partial charge in [0, 0.05) is 23.7 Å². The maximum Gasteiger partial charge on any atom is 0.107 e. The van der Waals surface area contributed by atoms with E-state index in [2.05, 4.69) is 53.8 Å². The second-order valence-corrected chi connectivity index (χ2v) is 5.76. The van der Waals surface area contributed by atoms with E-state index >= 15 is 0 Å². The largest absolute Gasteiger partial charge is 0.304 e. The number of hydrogen-bond acceptors (Lipinski definition) is 3. The van der Waals surface area contributed by atoms with Gasteiger partial charge in [0.25, 0.3) is 0 Å². The van der Waals surface area contributed by atoms with E-state index in [1.165, 1.54) is 16.1 Å². The molecule has 3 heteroatoms. The van der Waals surface area contributed by atoms with Crippen molar-refractivity contribution in [2.45, 2.75) is 46.2 Å². The summed E-state index contributed by atoms with van der Waals surface area (Å²) in [5.74, 6) is 0. The van der Waals surface area contributed by atoms with Crippen molar-refractivity contribution in [2.75, 3.05) is 0 Å². The van der Waals surface area contributed by atoms with Crippen molar-refractivity contribution in [1.29, 1.82) is 0 Å². The second-order valence-electron chi connectivity index (χ2n) is 4.82. The van der Waals surface area contributed by atoms with Crippen LogP contribution in [0.5, 0.6) is 0 Å². The summed E-state index contributed by atoms with van der Waals surface area (Å²) in [7, 11) is 0. The first-order valence-electron chi connectivity index (χ1n) is 6.96. The van der Waals surface area contributed by atoms with E-state index in [0.717, 1.165) is 25.1 Å². The summed E-state index contributed by atoms with van der Waals surface area (Å²) in [6.07, 6.45) is 2.19. The van der Waals surface area contributed by atoms with Gasteiger partial charge in [0.2, 0.25) is 0 Å². The quantitative estimate of drug-likeness (QED) is 0.851. The standard InChI is InChI=1S/C16H22N2S/c1-4-13-6-8-14(9-7-13)15(5-2)17-10-16-18-12(3)11-19-16/h6-9,11,15,17H,4-5,10H2,1-3H3. The maximum atomic E-state index is 4.49. The Morgan fingerprint density at radius 2 is 1.95 bits per heavy atom. The molecule has 1 N–H and O–H groups in total. The lowest BCUT2D eigenvalue weighted by molar-refractivity contribution is 0.518. The molecule has 0 aliphatic carbocycles. The Balaban J connectivity index is 1.98. The lowest BCUT2D eigenvalue weighted by Gasteiger charge is -2.17. The highest BCUT2D eigenvalue weighted by molar-refractivity contribution is 7.09. The van der Waals surface area contributed by atoms with Crippen LogP contribution in [0.15, 0.2) is 29.6 Å². The Labute approximate surface area is 119 Å². The molecule has 0 saturated heterocycles. The van der Waals surface area contributed by atoms with Crippen LogP contribution in [0, 0.1) is 6.92 Å². The number of nitrogens with zero attached hydrogens (tertiary/aromatic N) is 1. The van der Waals surface area contributed by atoms with E-state index in [0.29, 0.717) is 6.04 Å². The van der Waals surface area contributed by atoms with Crippen LogP contribution in [-0.2, 0) is 13.0 Å². The van der Waals surface area contributed by atoms with Gasteiger partial charge in [-0.3, -0.25) is 0 Å². The maximum absolute atomic E-state index is 4.49. The number of hydrogen-bond donors (Lipinski definition) is 1. The van der Waals surface area contributed by atoms with Gasteiger partial charge in [-0.15, -0.1) is 11.3 Å². The predicted octanol–water partition coefficient (Wildman–Crippen LogP) is 4.25. The zero-order valence-corrected chi connectivity index (χ0v) is 12.8. The Morgan fingerprint density at radius 1 is 1.21 bits per heavy atom. The van der Waals surface area contributed by atoms with Crippen LogP contribution in [0.25, 0.3) is 0 Å². The van der Waals surface area contributed by atoms with Crippen LogP contribution in [-0.4, -0.2) is 4.98 Å². The average molecular weight is 274 g/mol. The molecule has 0 saturated carbocycles. The van der Waals surface area contributed by atoms with E-state index in [1.807, 2.05) is 6.92 Å². The fourth-order valence-corrected chi connectivity index (χ4v) is 2.90. The first kappa shape index (κ1) is 14.2. The fourth-order valence-electron chi connectivity index (χ4n) is 2.18. The van der Waals surface area contributed by atoms with Crippen molar-refractivity contribution in [3.8, 4) is 0 Å². The van der Waals surface area contributed by atoms with E-state index < -0.39 is 0 Å². The topological polar surface area (TPSA) is 24.9 Å². The molecular weight excluding hydrogens is 252 g/mol. The van der Waals surface area contributed by atoms with Gasteiger partial charge < -0.3 is 5.32 Å². The van der Waals surface area contributed by atoms with E-state index in [4.69, 9.17) is 0 Å². The first-order valence-corrected chi connectivity index (χ1v) is 7.84. The van der Waals surface area contributed by atoms with Crippen LogP contribution in [0.2, 0.25) is 0 Å². The Bertz CT molecular complexity index is 502. The highest BCUT2D eigenvalue weighted by Gasteiger charge is 2.09. The van der Waals surface area contributed by atoms with Crippen molar-refractivity contribution in [2.24, 2.45) is 0 Å². The van der Waals surface area contributed by atoms with Crippen LogP contribution >= 0.6 is 11.3 Å². The van der Waals surface area contributed by atoms with Crippen molar-refractivity contribution in [1.82, 2.24) is 10.3 Å². The third-order valence-corrected chi connectivity index (χ3v) is 4.33. The average Bonchev–Trinajstić information content (AvgIpc) is 2.86. The molecule has 1 atom stereocenters. The normalized spacial score (nSPS) is 12.6. The fraction of sp³-hybridized carbons (Fsp3) is 0.438. The number of aromatic nitrogens is 1. The van der Waals surface area contributed by atoms with Gasteiger partial charge in [-0.05, 0) is 30.9 Å². The summed E-state index contributed by atoms with van der Waals surface area (Å²) in [5.41, 5.74) is 3.88. The number of thiazole rings is 1. The van der Waals surface area contributed by atoms with Crippen molar-refractivity contribution >= 4 is 11.3 Å². The molecule has 2 nitrogen and oxygen atoms in total. The van der Waals surface area contributed by atoms with E-state index in [1.54, 1.807) is 11.3 Å². The molecule has 0 bridgehead atoms. The number of nitrogens with one attached hydrogen (secondary N) is 1. The molecule has 19 heavy (non-hydrogen) atoms. The Kier molecular flexibility index (Phi) is 5.11. The molecule has 102 valence electrons. The minimum absolute atomic E-state index is 0.412. The van der Waals surface area contributed by atoms with Gasteiger partial charge in [0.15, 0.2) is 0 Å². The molecule has 1 aromatic carbocycles. The summed E-state index contributed by atoms with van der Waals surface area (Å²) in [5, 5.41) is 6.87. The van der Waals surface area contributed by atoms with E-state index in [9.17, 15) is 0 Å². The van der Waals surface area contributed by atoms with Crippen molar-refractivity contribution in [3.05, 3.63) is 51.5 Å². The highest BCUT2D eigenvalue weighted by Crippen LogP contribution is 2.19. The zero-order chi connectivity index (χ0) is 13.7. The monoisotopic (exact) mass is 274 g/mol. The molecule has 0 aliphatic rings. The van der Waals surface area contributed by atoms with Gasteiger partial charge in [-0.25, -0.2) is 4.98 Å². The third-order valence-electron chi connectivity index (χ3n) is 3.36. The van der Waals surface area contributed by atoms with Crippen molar-refractivity contribution < 1.29 is 0 Å². The molecule has 0 aliphatic heterocycles. The second kappa shape index (κ2) is 6.83. The molecule has 0 spiro atoms. The molecule has 2 aromatic rings. The predicted molar refractivity (Wildman–Crippen MR) is 82.5 cm³/mol. The van der Waals surface area contributed by atoms with E-state index in [-0.39, 0.29) is 0 Å². The Morgan fingerprint density at radius 3 is 2.47 bits per heavy atom. The number of benzene rings is 1. The van der Waals surface area contributed by atoms with Gasteiger partial charge in [-0.1, -0.05) is 38.1 Å². The minimum atomic E-state index is 0.412. The number of aryl methyl sites for hydroxylation is 2. The van der Waals surface area contributed by atoms with Crippen LogP contribution < -0.4 is 5.32 Å². The van der Waals surface area contributed by atoms with Gasteiger partial charge >= 0.3 is 0 Å². The van der Waals surface area contributed by atoms with Gasteiger partial charge in [0.1, 0.15) is 5.01 Å². The summed E-state index contributed by atoms with van der Waals surface area (Å²) in [6, 6.07) is 9.36. The Hall–Kier alpha value is -1.19. The molecule has 1 aromatic heterocycles. The minimum Gasteiger partial charge on any atom is -0.304 e. The molecule has 1 heterocycles. The third kappa shape index (κ3) is 3.88. The SMILES string of the molecule is CCc1ccc(C(CC)NCc2nc(C)cs2)cc1. The number of rotatable bonds is 6. The summed E-state index contributed by atoms with van der Waals surface area (Å²) in [4.78, 5) is 4.49. The summed E-state index contributed by atoms with van der Waals surface area (Å²) >= 11 is 1.73. The lowest BCUT2D eigenvalue weighted by Crippen LogP contribution is -2.20. The van der Waals surface area contributed by atoms with Crippen LogP contribution in [0.3, 0.4) is 0 Å². The van der Waals surface area contributed by atoms with Gasteiger partial charge in [-0.2, -0.15) is 0 Å². The van der Waals surface area contributed by atoms with Crippen LogP contribution in [0.4, 0.5) is 0 Å². The smallest absolute Gasteiger partial charge is 0.107 e. The molecule has 1 unspecified atom stereocenters.